The largest absolute Gasteiger partial charge is 0.324 e. The van der Waals surface area contributed by atoms with E-state index in [9.17, 15) is 14.9 Å². The molecule has 0 saturated heterocycles. The molecule has 8 nitrogen and oxygen atoms in total. The second-order valence-corrected chi connectivity index (χ2v) is 4.77. The minimum atomic E-state index is -0.564. The van der Waals surface area contributed by atoms with Crippen LogP contribution in [0.3, 0.4) is 0 Å². The Bertz CT molecular complexity index is 715. The van der Waals surface area contributed by atoms with Crippen molar-refractivity contribution < 1.29 is 4.92 Å². The van der Waals surface area contributed by atoms with E-state index in [1.54, 1.807) is 12.1 Å². The van der Waals surface area contributed by atoms with Crippen LogP contribution in [0.1, 0.15) is 5.69 Å². The SMILES string of the molecule is NNc1ccnc(Cn2cc([N+](=O)[O-])cc(Br)c2=O)c1. The highest BCUT2D eigenvalue weighted by atomic mass is 79.9. The molecule has 0 aliphatic heterocycles. The van der Waals surface area contributed by atoms with Crippen LogP contribution in [0, 0.1) is 10.1 Å². The summed E-state index contributed by atoms with van der Waals surface area (Å²) in [7, 11) is 0. The summed E-state index contributed by atoms with van der Waals surface area (Å²) >= 11 is 3.02. The van der Waals surface area contributed by atoms with Crippen molar-refractivity contribution in [2.75, 3.05) is 5.43 Å². The molecule has 0 bridgehead atoms. The molecule has 0 aliphatic rings. The number of anilines is 1. The first-order valence-electron chi connectivity index (χ1n) is 5.47. The smallest absolute Gasteiger partial charge is 0.286 e. The van der Waals surface area contributed by atoms with Gasteiger partial charge in [-0.3, -0.25) is 25.7 Å². The van der Waals surface area contributed by atoms with Crippen molar-refractivity contribution in [1.82, 2.24) is 9.55 Å². The van der Waals surface area contributed by atoms with Crippen molar-refractivity contribution in [2.45, 2.75) is 6.54 Å². The van der Waals surface area contributed by atoms with Crippen LogP contribution >= 0.6 is 15.9 Å². The predicted octanol–water partition coefficient (Wildman–Crippen LogP) is 1.25. The molecule has 0 aromatic carbocycles. The predicted molar refractivity (Wildman–Crippen MR) is 76.2 cm³/mol. The van der Waals surface area contributed by atoms with Crippen molar-refractivity contribution in [3.8, 4) is 0 Å². The molecule has 0 unspecified atom stereocenters. The third kappa shape index (κ3) is 3.00. The van der Waals surface area contributed by atoms with Gasteiger partial charge in [0.1, 0.15) is 0 Å². The average Bonchev–Trinajstić information content (AvgIpc) is 2.43. The summed E-state index contributed by atoms with van der Waals surface area (Å²) in [6.07, 6.45) is 2.71. The van der Waals surface area contributed by atoms with Crippen molar-refractivity contribution in [3.63, 3.8) is 0 Å². The molecular formula is C11H10BrN5O3. The number of pyridine rings is 2. The highest BCUT2D eigenvalue weighted by molar-refractivity contribution is 9.10. The van der Waals surface area contributed by atoms with Crippen LogP contribution in [-0.2, 0) is 6.54 Å². The van der Waals surface area contributed by atoms with Crippen molar-refractivity contribution in [2.24, 2.45) is 5.84 Å². The Morgan fingerprint density at radius 2 is 2.25 bits per heavy atom. The van der Waals surface area contributed by atoms with Gasteiger partial charge in [0.05, 0.1) is 33.5 Å². The summed E-state index contributed by atoms with van der Waals surface area (Å²) in [6.45, 7) is 0.106. The molecule has 0 aliphatic carbocycles. The molecule has 3 N–H and O–H groups in total. The molecule has 2 aromatic rings. The number of nitrogens with two attached hydrogens (primary N) is 1. The third-order valence-corrected chi connectivity index (χ3v) is 3.12. The second kappa shape index (κ2) is 5.80. The first-order valence-corrected chi connectivity index (χ1v) is 6.26. The van der Waals surface area contributed by atoms with Gasteiger partial charge in [-0.15, -0.1) is 0 Å². The third-order valence-electron chi connectivity index (χ3n) is 2.55. The monoisotopic (exact) mass is 339 g/mol. The van der Waals surface area contributed by atoms with Gasteiger partial charge in [0.25, 0.3) is 11.2 Å². The van der Waals surface area contributed by atoms with E-state index in [4.69, 9.17) is 5.84 Å². The summed E-state index contributed by atoms with van der Waals surface area (Å²) in [5.74, 6) is 5.29. The van der Waals surface area contributed by atoms with E-state index in [1.165, 1.54) is 23.0 Å². The maximum Gasteiger partial charge on any atom is 0.286 e. The lowest BCUT2D eigenvalue weighted by Crippen LogP contribution is -2.21. The number of aromatic nitrogens is 2. The van der Waals surface area contributed by atoms with Crippen molar-refractivity contribution in [1.29, 1.82) is 0 Å². The van der Waals surface area contributed by atoms with Crippen molar-refractivity contribution >= 4 is 27.3 Å². The van der Waals surface area contributed by atoms with Crippen LogP contribution in [0.2, 0.25) is 0 Å². The fraction of sp³-hybridized carbons (Fsp3) is 0.0909. The van der Waals surface area contributed by atoms with Gasteiger partial charge >= 0.3 is 0 Å². The van der Waals surface area contributed by atoms with Gasteiger partial charge in [-0.2, -0.15) is 0 Å². The Labute approximate surface area is 121 Å². The quantitative estimate of drug-likeness (QED) is 0.492. The normalized spacial score (nSPS) is 10.3. The number of halogens is 1. The molecule has 0 saturated carbocycles. The van der Waals surface area contributed by atoms with Crippen LogP contribution in [0.4, 0.5) is 11.4 Å². The number of hydrogen-bond donors (Lipinski definition) is 2. The molecule has 104 valence electrons. The fourth-order valence-corrected chi connectivity index (χ4v) is 2.09. The minimum absolute atomic E-state index is 0.106. The number of hydrazine groups is 1. The van der Waals surface area contributed by atoms with Crippen LogP contribution in [-0.4, -0.2) is 14.5 Å². The number of nitro groups is 1. The highest BCUT2D eigenvalue weighted by Gasteiger charge is 2.12. The molecular weight excluding hydrogens is 330 g/mol. The van der Waals surface area contributed by atoms with Gasteiger partial charge < -0.3 is 9.99 Å². The first kappa shape index (κ1) is 14.2. The van der Waals surface area contributed by atoms with Crippen molar-refractivity contribution in [3.05, 3.63) is 61.2 Å². The standard InChI is InChI=1S/C11H10BrN5O3/c12-10-4-9(17(19)20)6-16(11(10)18)5-8-3-7(15-13)1-2-14-8/h1-4,6H,5,13H2,(H,14,15). The Morgan fingerprint density at radius 3 is 2.90 bits per heavy atom. The lowest BCUT2D eigenvalue weighted by Gasteiger charge is -2.07. The molecule has 0 atom stereocenters. The van der Waals surface area contributed by atoms with Crippen LogP contribution in [0.15, 0.2) is 39.9 Å². The topological polar surface area (TPSA) is 116 Å². The lowest BCUT2D eigenvalue weighted by atomic mass is 10.3. The molecule has 0 amide bonds. The fourth-order valence-electron chi connectivity index (χ4n) is 1.63. The summed E-state index contributed by atoms with van der Waals surface area (Å²) in [4.78, 5) is 26.2. The molecule has 2 heterocycles. The maximum absolute atomic E-state index is 11.9. The number of rotatable bonds is 4. The average molecular weight is 340 g/mol. The molecule has 0 spiro atoms. The summed E-state index contributed by atoms with van der Waals surface area (Å²) in [5.41, 5.74) is 3.10. The van der Waals surface area contributed by atoms with Crippen LogP contribution < -0.4 is 16.8 Å². The summed E-state index contributed by atoms with van der Waals surface area (Å²) < 4.78 is 1.34. The van der Waals surface area contributed by atoms with Crippen LogP contribution in [0.25, 0.3) is 0 Å². The van der Waals surface area contributed by atoms with E-state index >= 15 is 0 Å². The number of hydrogen-bond acceptors (Lipinski definition) is 6. The Kier molecular flexibility index (Phi) is 4.11. The zero-order valence-corrected chi connectivity index (χ0v) is 11.7. The van der Waals surface area contributed by atoms with E-state index in [1.807, 2.05) is 0 Å². The van der Waals surface area contributed by atoms with Gasteiger partial charge in [-0.1, -0.05) is 0 Å². The number of nitrogen functional groups attached to an aromatic ring is 1. The van der Waals surface area contributed by atoms with E-state index in [2.05, 4.69) is 26.3 Å². The van der Waals surface area contributed by atoms with Gasteiger partial charge in [-0.25, -0.2) is 0 Å². The zero-order chi connectivity index (χ0) is 14.7. The molecule has 20 heavy (non-hydrogen) atoms. The molecule has 2 rings (SSSR count). The number of nitrogens with zero attached hydrogens (tertiary/aromatic N) is 3. The highest BCUT2D eigenvalue weighted by Crippen LogP contribution is 2.15. The molecule has 0 radical (unpaired) electrons. The second-order valence-electron chi connectivity index (χ2n) is 3.92. The summed E-state index contributed by atoms with van der Waals surface area (Å²) in [6, 6.07) is 4.49. The lowest BCUT2D eigenvalue weighted by molar-refractivity contribution is -0.385. The van der Waals surface area contributed by atoms with Gasteiger partial charge in [0, 0.05) is 12.3 Å². The van der Waals surface area contributed by atoms with Crippen LogP contribution in [0.5, 0.6) is 0 Å². The van der Waals surface area contributed by atoms with E-state index in [0.29, 0.717) is 11.4 Å². The van der Waals surface area contributed by atoms with Gasteiger partial charge in [0.15, 0.2) is 0 Å². The van der Waals surface area contributed by atoms with E-state index < -0.39 is 4.92 Å². The Balaban J connectivity index is 2.42. The molecule has 2 aromatic heterocycles. The molecule has 9 heteroatoms. The summed E-state index contributed by atoms with van der Waals surface area (Å²) in [5, 5.41) is 10.8. The van der Waals surface area contributed by atoms with E-state index in [-0.39, 0.29) is 22.3 Å². The minimum Gasteiger partial charge on any atom is -0.324 e. The Hall–Kier alpha value is -2.26. The Morgan fingerprint density at radius 1 is 1.50 bits per heavy atom. The first-order chi connectivity index (χ1) is 9.51. The zero-order valence-electron chi connectivity index (χ0n) is 10.1. The van der Waals surface area contributed by atoms with E-state index in [0.717, 1.165) is 0 Å². The van der Waals surface area contributed by atoms with Gasteiger partial charge in [0.2, 0.25) is 0 Å². The van der Waals surface area contributed by atoms with Gasteiger partial charge in [-0.05, 0) is 28.1 Å². The molecule has 0 fully saturated rings. The maximum atomic E-state index is 11.9. The number of nitrogens with one attached hydrogen (secondary N) is 1.